The van der Waals surface area contributed by atoms with E-state index in [0.717, 1.165) is 49.2 Å². The van der Waals surface area contributed by atoms with Crippen molar-refractivity contribution in [2.75, 3.05) is 38.5 Å². The zero-order valence-corrected chi connectivity index (χ0v) is 18.1. The Bertz CT molecular complexity index is 831. The van der Waals surface area contributed by atoms with Crippen LogP contribution in [0.3, 0.4) is 0 Å². The summed E-state index contributed by atoms with van der Waals surface area (Å²) < 4.78 is 0. The first kappa shape index (κ1) is 23.9. The third kappa shape index (κ3) is 6.83. The van der Waals surface area contributed by atoms with Crippen molar-refractivity contribution in [2.24, 2.45) is 0 Å². The Balaban J connectivity index is 0.00000320. The van der Waals surface area contributed by atoms with E-state index in [4.69, 9.17) is 5.11 Å². The fourth-order valence-electron chi connectivity index (χ4n) is 3.93. The van der Waals surface area contributed by atoms with Crippen LogP contribution in [-0.4, -0.2) is 66.1 Å². The van der Waals surface area contributed by atoms with Crippen molar-refractivity contribution in [2.45, 2.75) is 25.3 Å². The Labute approximate surface area is 184 Å². The van der Waals surface area contributed by atoms with Gasteiger partial charge >= 0.3 is 5.97 Å². The zero-order valence-electron chi connectivity index (χ0n) is 17.3. The van der Waals surface area contributed by atoms with Gasteiger partial charge in [0.2, 0.25) is 5.91 Å². The molecule has 0 saturated carbocycles. The van der Waals surface area contributed by atoms with Crippen LogP contribution in [0.5, 0.6) is 0 Å². The number of carboxylic acid groups (broad SMARTS) is 1. The predicted molar refractivity (Wildman–Crippen MR) is 122 cm³/mol. The van der Waals surface area contributed by atoms with Crippen molar-refractivity contribution in [3.05, 3.63) is 54.6 Å². The van der Waals surface area contributed by atoms with Gasteiger partial charge < -0.3 is 10.4 Å². The highest BCUT2D eigenvalue weighted by molar-refractivity contribution is 5.96. The molecule has 3 rings (SSSR count). The molecule has 1 amide bonds. The Morgan fingerprint density at radius 3 is 2.50 bits per heavy atom. The number of likely N-dealkylation sites (tertiary alicyclic amines) is 1. The van der Waals surface area contributed by atoms with Gasteiger partial charge in [0.05, 0.1) is 13.1 Å². The minimum absolute atomic E-state index is 0. The first-order valence-corrected chi connectivity index (χ1v) is 10.1. The molecule has 1 heterocycles. The first-order chi connectivity index (χ1) is 14.0. The molecule has 7 heteroatoms. The summed E-state index contributed by atoms with van der Waals surface area (Å²) in [6, 6.07) is 18.1. The Morgan fingerprint density at radius 1 is 1.07 bits per heavy atom. The molecular formula is C23H30ClN3O3. The number of hydrogen-bond acceptors (Lipinski definition) is 4. The van der Waals surface area contributed by atoms with Crippen LogP contribution in [0.15, 0.2) is 54.6 Å². The van der Waals surface area contributed by atoms with Crippen molar-refractivity contribution in [1.29, 1.82) is 0 Å². The predicted octanol–water partition coefficient (Wildman–Crippen LogP) is 3.58. The van der Waals surface area contributed by atoms with Crippen LogP contribution in [0, 0.1) is 0 Å². The molecule has 30 heavy (non-hydrogen) atoms. The molecule has 2 N–H and O–H groups in total. The van der Waals surface area contributed by atoms with Gasteiger partial charge in [0, 0.05) is 23.8 Å². The number of amides is 1. The van der Waals surface area contributed by atoms with Gasteiger partial charge in [0.15, 0.2) is 0 Å². The second-order valence-corrected chi connectivity index (χ2v) is 7.63. The molecule has 1 atom stereocenters. The first-order valence-electron chi connectivity index (χ1n) is 10.1. The summed E-state index contributed by atoms with van der Waals surface area (Å²) in [5, 5.41) is 12.1. The van der Waals surface area contributed by atoms with Gasteiger partial charge in [-0.1, -0.05) is 48.5 Å². The number of halogens is 1. The molecule has 0 radical (unpaired) electrons. The maximum Gasteiger partial charge on any atom is 0.317 e. The number of nitrogens with one attached hydrogen (secondary N) is 1. The van der Waals surface area contributed by atoms with Crippen LogP contribution in [0.2, 0.25) is 0 Å². The highest BCUT2D eigenvalue weighted by Gasteiger charge is 2.22. The highest BCUT2D eigenvalue weighted by atomic mass is 35.5. The van der Waals surface area contributed by atoms with Gasteiger partial charge in [-0.2, -0.15) is 0 Å². The van der Waals surface area contributed by atoms with E-state index in [-0.39, 0.29) is 30.9 Å². The van der Waals surface area contributed by atoms with E-state index in [1.165, 1.54) is 0 Å². The molecule has 2 aromatic carbocycles. The zero-order chi connectivity index (χ0) is 20.6. The molecule has 1 unspecified atom stereocenters. The molecule has 0 aliphatic carbocycles. The van der Waals surface area contributed by atoms with Crippen LogP contribution in [0.1, 0.15) is 19.3 Å². The molecule has 162 valence electrons. The topological polar surface area (TPSA) is 72.9 Å². The van der Waals surface area contributed by atoms with E-state index in [1.807, 2.05) is 66.5 Å². The quantitative estimate of drug-likeness (QED) is 0.701. The normalized spacial score (nSPS) is 17.1. The monoisotopic (exact) mass is 431 g/mol. The summed E-state index contributed by atoms with van der Waals surface area (Å²) in [5.41, 5.74) is 2.90. The van der Waals surface area contributed by atoms with Crippen molar-refractivity contribution in [1.82, 2.24) is 9.80 Å². The SMILES string of the molecule is CN(CC(=O)O)C1CCCN(CC(=O)Nc2ccccc2-c2ccccc2)CC1.Cl. The summed E-state index contributed by atoms with van der Waals surface area (Å²) >= 11 is 0. The number of hydrogen-bond donors (Lipinski definition) is 2. The third-order valence-electron chi connectivity index (χ3n) is 5.45. The van der Waals surface area contributed by atoms with Crippen LogP contribution in [-0.2, 0) is 9.59 Å². The molecule has 1 aliphatic heterocycles. The van der Waals surface area contributed by atoms with Gasteiger partial charge in [0.1, 0.15) is 0 Å². The summed E-state index contributed by atoms with van der Waals surface area (Å²) in [7, 11) is 1.86. The summed E-state index contributed by atoms with van der Waals surface area (Å²) in [5.74, 6) is -0.823. The molecule has 1 fully saturated rings. The van der Waals surface area contributed by atoms with Crippen molar-refractivity contribution in [3.63, 3.8) is 0 Å². The van der Waals surface area contributed by atoms with E-state index in [1.54, 1.807) is 0 Å². The number of para-hydroxylation sites is 1. The molecule has 0 bridgehead atoms. The molecule has 6 nitrogen and oxygen atoms in total. The maximum atomic E-state index is 12.7. The number of rotatable bonds is 7. The van der Waals surface area contributed by atoms with Crippen molar-refractivity contribution < 1.29 is 14.7 Å². The van der Waals surface area contributed by atoms with E-state index in [0.29, 0.717) is 6.54 Å². The fraction of sp³-hybridized carbons (Fsp3) is 0.391. The molecular weight excluding hydrogens is 402 g/mol. The lowest BCUT2D eigenvalue weighted by Gasteiger charge is -2.25. The number of carboxylic acids is 1. The molecule has 0 aromatic heterocycles. The molecule has 0 spiro atoms. The van der Waals surface area contributed by atoms with E-state index >= 15 is 0 Å². The van der Waals surface area contributed by atoms with Crippen LogP contribution < -0.4 is 5.32 Å². The number of likely N-dealkylation sites (N-methyl/N-ethyl adjacent to an activating group) is 1. The van der Waals surface area contributed by atoms with Gasteiger partial charge in [0.25, 0.3) is 0 Å². The standard InChI is InChI=1S/C23H29N3O3.ClH/c1-25(17-23(28)29)19-10-7-14-26(15-13-19)16-22(27)24-21-12-6-5-11-20(21)18-8-3-2-4-9-18;/h2-6,8-9,11-12,19H,7,10,13-17H2,1H3,(H,24,27)(H,28,29);1H. The van der Waals surface area contributed by atoms with E-state index in [2.05, 4.69) is 10.2 Å². The minimum atomic E-state index is -0.801. The number of benzene rings is 2. The maximum absolute atomic E-state index is 12.7. The molecule has 1 saturated heterocycles. The van der Waals surface area contributed by atoms with Crippen LogP contribution in [0.25, 0.3) is 11.1 Å². The average Bonchev–Trinajstić information content (AvgIpc) is 2.94. The van der Waals surface area contributed by atoms with Gasteiger partial charge in [-0.15, -0.1) is 12.4 Å². The van der Waals surface area contributed by atoms with Gasteiger partial charge in [-0.05, 0) is 44.5 Å². The number of carbonyl (C=O) groups excluding carboxylic acids is 1. The van der Waals surface area contributed by atoms with E-state index < -0.39 is 5.97 Å². The van der Waals surface area contributed by atoms with Crippen molar-refractivity contribution >= 4 is 30.0 Å². The lowest BCUT2D eigenvalue weighted by atomic mass is 10.0. The summed E-state index contributed by atoms with van der Waals surface area (Å²) in [6.07, 6.45) is 2.79. The van der Waals surface area contributed by atoms with Crippen molar-refractivity contribution in [3.8, 4) is 11.1 Å². The minimum Gasteiger partial charge on any atom is -0.480 e. The number of aliphatic carboxylic acids is 1. The Morgan fingerprint density at radius 2 is 1.77 bits per heavy atom. The largest absolute Gasteiger partial charge is 0.480 e. The average molecular weight is 432 g/mol. The molecule has 2 aromatic rings. The number of carbonyl (C=O) groups is 2. The number of anilines is 1. The smallest absolute Gasteiger partial charge is 0.317 e. The summed E-state index contributed by atoms with van der Waals surface area (Å²) in [6.45, 7) is 2.05. The highest BCUT2D eigenvalue weighted by Crippen LogP contribution is 2.27. The summed E-state index contributed by atoms with van der Waals surface area (Å²) in [4.78, 5) is 27.7. The second-order valence-electron chi connectivity index (χ2n) is 7.63. The van der Waals surface area contributed by atoms with Gasteiger partial charge in [-0.25, -0.2) is 0 Å². The molecule has 1 aliphatic rings. The van der Waals surface area contributed by atoms with E-state index in [9.17, 15) is 9.59 Å². The Hall–Kier alpha value is -2.41. The fourth-order valence-corrected chi connectivity index (χ4v) is 3.93. The van der Waals surface area contributed by atoms with Crippen LogP contribution >= 0.6 is 12.4 Å². The lowest BCUT2D eigenvalue weighted by Crippen LogP contribution is -2.37. The number of nitrogens with zero attached hydrogens (tertiary/aromatic N) is 2. The third-order valence-corrected chi connectivity index (χ3v) is 5.45. The lowest BCUT2D eigenvalue weighted by molar-refractivity contribution is -0.138. The van der Waals surface area contributed by atoms with Crippen LogP contribution in [0.4, 0.5) is 5.69 Å². The van der Waals surface area contributed by atoms with Gasteiger partial charge in [-0.3, -0.25) is 19.4 Å². The Kier molecular flexibility index (Phi) is 9.30. The second kappa shape index (κ2) is 11.7.